The molecule has 1 saturated carbocycles. The van der Waals surface area contributed by atoms with E-state index in [1.807, 2.05) is 11.8 Å². The molecule has 0 spiro atoms. The first-order chi connectivity index (χ1) is 11.4. The van der Waals surface area contributed by atoms with Gasteiger partial charge in [0.25, 0.3) is 0 Å². The second-order valence-electron chi connectivity index (χ2n) is 6.63. The van der Waals surface area contributed by atoms with Crippen molar-refractivity contribution in [2.45, 2.75) is 49.8 Å². The van der Waals surface area contributed by atoms with Crippen molar-refractivity contribution in [2.75, 3.05) is 18.0 Å². The normalized spacial score (nSPS) is 20.8. The number of aromatic carboxylic acids is 1. The molecule has 0 atom stereocenters. The van der Waals surface area contributed by atoms with Crippen LogP contribution in [-0.4, -0.2) is 48.4 Å². The van der Waals surface area contributed by atoms with Gasteiger partial charge in [-0.2, -0.15) is 0 Å². The zero-order chi connectivity index (χ0) is 17.4. The number of hydrogen-bond donors (Lipinski definition) is 2. The van der Waals surface area contributed by atoms with Gasteiger partial charge < -0.3 is 10.0 Å². The van der Waals surface area contributed by atoms with Gasteiger partial charge in [-0.15, -0.1) is 0 Å². The van der Waals surface area contributed by atoms with Gasteiger partial charge in [0.15, 0.2) is 0 Å². The zero-order valence-electron chi connectivity index (χ0n) is 13.7. The lowest BCUT2D eigenvalue weighted by Crippen LogP contribution is -2.48. The van der Waals surface area contributed by atoms with Crippen molar-refractivity contribution in [3.8, 4) is 0 Å². The van der Waals surface area contributed by atoms with Crippen molar-refractivity contribution in [1.82, 2.24) is 9.71 Å². The Hall–Kier alpha value is -1.67. The molecule has 8 heteroatoms. The molecule has 0 radical (unpaired) electrons. The largest absolute Gasteiger partial charge is 0.478 e. The number of sulfonamides is 1. The van der Waals surface area contributed by atoms with Crippen molar-refractivity contribution in [3.05, 3.63) is 23.9 Å². The summed E-state index contributed by atoms with van der Waals surface area (Å²) in [5.74, 6) is -0.348. The topological polar surface area (TPSA) is 99.6 Å². The SMILES string of the molecule is CCC1(S(=O)(=O)NC2CCN(c3cc(C(=O)O)ccn3)CC2)CC1. The summed E-state index contributed by atoms with van der Waals surface area (Å²) in [5, 5.41) is 9.06. The van der Waals surface area contributed by atoms with Crippen LogP contribution in [0.2, 0.25) is 0 Å². The Morgan fingerprint density at radius 2 is 2.08 bits per heavy atom. The minimum absolute atomic E-state index is 0.0575. The highest BCUT2D eigenvalue weighted by Crippen LogP contribution is 2.46. The average molecular weight is 353 g/mol. The highest BCUT2D eigenvalue weighted by molar-refractivity contribution is 7.91. The lowest BCUT2D eigenvalue weighted by Gasteiger charge is -2.33. The summed E-state index contributed by atoms with van der Waals surface area (Å²) in [6.07, 6.45) is 5.04. The Labute approximate surface area is 142 Å². The van der Waals surface area contributed by atoms with E-state index in [4.69, 9.17) is 5.11 Å². The minimum atomic E-state index is -3.26. The molecular formula is C16H23N3O4S. The van der Waals surface area contributed by atoms with Gasteiger partial charge >= 0.3 is 5.97 Å². The molecule has 1 aliphatic heterocycles. The summed E-state index contributed by atoms with van der Waals surface area (Å²) in [6.45, 7) is 3.24. The fourth-order valence-corrected chi connectivity index (χ4v) is 5.19. The summed E-state index contributed by atoms with van der Waals surface area (Å²) in [4.78, 5) is 17.3. The Bertz CT molecular complexity index is 723. The van der Waals surface area contributed by atoms with Crippen LogP contribution in [0.25, 0.3) is 0 Å². The first-order valence-electron chi connectivity index (χ1n) is 8.33. The molecule has 0 unspecified atom stereocenters. The third-order valence-electron chi connectivity index (χ3n) is 5.16. The number of anilines is 1. The molecule has 1 aromatic rings. The van der Waals surface area contributed by atoms with Crippen molar-refractivity contribution < 1.29 is 18.3 Å². The predicted octanol–water partition coefficient (Wildman–Crippen LogP) is 1.61. The van der Waals surface area contributed by atoms with Crippen molar-refractivity contribution in [1.29, 1.82) is 0 Å². The number of carboxylic acid groups (broad SMARTS) is 1. The molecule has 2 fully saturated rings. The first kappa shape index (κ1) is 17.2. The van der Waals surface area contributed by atoms with Crippen LogP contribution in [0.4, 0.5) is 5.82 Å². The molecule has 1 aromatic heterocycles. The predicted molar refractivity (Wildman–Crippen MR) is 90.7 cm³/mol. The number of carboxylic acids is 1. The second kappa shape index (κ2) is 6.33. The summed E-state index contributed by atoms with van der Waals surface area (Å²) in [7, 11) is -3.26. The Morgan fingerprint density at radius 1 is 1.42 bits per heavy atom. The van der Waals surface area contributed by atoms with Crippen molar-refractivity contribution >= 4 is 21.8 Å². The monoisotopic (exact) mass is 353 g/mol. The van der Waals surface area contributed by atoms with E-state index in [0.29, 0.717) is 38.2 Å². The maximum Gasteiger partial charge on any atom is 0.335 e. The minimum Gasteiger partial charge on any atom is -0.478 e. The van der Waals surface area contributed by atoms with Gasteiger partial charge in [-0.1, -0.05) is 6.92 Å². The Kier molecular flexibility index (Phi) is 4.52. The molecule has 132 valence electrons. The number of piperidine rings is 1. The maximum absolute atomic E-state index is 12.5. The summed E-state index contributed by atoms with van der Waals surface area (Å²) < 4.78 is 27.3. The molecule has 0 amide bonds. The Balaban J connectivity index is 1.60. The molecule has 1 saturated heterocycles. The van der Waals surface area contributed by atoms with Gasteiger partial charge in [0, 0.05) is 25.3 Å². The smallest absolute Gasteiger partial charge is 0.335 e. The lowest BCUT2D eigenvalue weighted by atomic mass is 10.1. The van der Waals surface area contributed by atoms with Crippen molar-refractivity contribution in [3.63, 3.8) is 0 Å². The molecule has 0 bridgehead atoms. The maximum atomic E-state index is 12.5. The van der Waals surface area contributed by atoms with E-state index in [9.17, 15) is 13.2 Å². The summed E-state index contributed by atoms with van der Waals surface area (Å²) >= 11 is 0. The average Bonchev–Trinajstić information content (AvgIpc) is 3.37. The number of nitrogens with one attached hydrogen (secondary N) is 1. The van der Waals surface area contributed by atoms with Gasteiger partial charge in [0.2, 0.25) is 10.0 Å². The van der Waals surface area contributed by atoms with Crippen LogP contribution in [0.5, 0.6) is 0 Å². The molecule has 24 heavy (non-hydrogen) atoms. The van der Waals surface area contributed by atoms with Crippen LogP contribution in [0, 0.1) is 0 Å². The second-order valence-corrected chi connectivity index (χ2v) is 8.74. The van der Waals surface area contributed by atoms with E-state index in [0.717, 1.165) is 12.8 Å². The summed E-state index contributed by atoms with van der Waals surface area (Å²) in [5.41, 5.74) is 0.210. The fraction of sp³-hybridized carbons (Fsp3) is 0.625. The Morgan fingerprint density at radius 3 is 2.62 bits per heavy atom. The van der Waals surface area contributed by atoms with E-state index < -0.39 is 20.7 Å². The molecule has 7 nitrogen and oxygen atoms in total. The van der Waals surface area contributed by atoms with Gasteiger partial charge in [-0.3, -0.25) is 0 Å². The molecule has 2 heterocycles. The highest BCUT2D eigenvalue weighted by Gasteiger charge is 2.53. The van der Waals surface area contributed by atoms with Crippen molar-refractivity contribution in [2.24, 2.45) is 0 Å². The third-order valence-corrected chi connectivity index (χ3v) is 7.64. The van der Waals surface area contributed by atoms with E-state index in [1.54, 1.807) is 6.07 Å². The van der Waals surface area contributed by atoms with Crippen LogP contribution < -0.4 is 9.62 Å². The van der Waals surface area contributed by atoms with Crippen LogP contribution in [0.3, 0.4) is 0 Å². The van der Waals surface area contributed by atoms with E-state index in [1.165, 1.54) is 12.3 Å². The molecule has 1 aliphatic carbocycles. The quantitative estimate of drug-likeness (QED) is 0.806. The molecular weight excluding hydrogens is 330 g/mol. The number of hydrogen-bond acceptors (Lipinski definition) is 5. The van der Waals surface area contributed by atoms with E-state index in [-0.39, 0.29) is 11.6 Å². The van der Waals surface area contributed by atoms with E-state index in [2.05, 4.69) is 9.71 Å². The highest BCUT2D eigenvalue weighted by atomic mass is 32.2. The molecule has 2 aliphatic rings. The number of pyridine rings is 1. The number of carbonyl (C=O) groups is 1. The third kappa shape index (κ3) is 3.25. The summed E-state index contributed by atoms with van der Waals surface area (Å²) in [6, 6.07) is 2.97. The number of nitrogens with zero attached hydrogens (tertiary/aromatic N) is 2. The lowest BCUT2D eigenvalue weighted by molar-refractivity contribution is 0.0696. The standard InChI is InChI=1S/C16H23N3O4S/c1-2-16(6-7-16)24(22,23)18-13-4-9-19(10-5-13)14-11-12(15(20)21)3-8-17-14/h3,8,11,13,18H,2,4-7,9-10H2,1H3,(H,20,21). The zero-order valence-corrected chi connectivity index (χ0v) is 14.6. The van der Waals surface area contributed by atoms with Gasteiger partial charge in [-0.25, -0.2) is 22.9 Å². The number of rotatable bonds is 6. The molecule has 2 N–H and O–H groups in total. The van der Waals surface area contributed by atoms with Crippen LogP contribution in [0.1, 0.15) is 49.4 Å². The first-order valence-corrected chi connectivity index (χ1v) is 9.81. The molecule has 3 rings (SSSR count). The van der Waals surface area contributed by atoms with Gasteiger partial charge in [0.1, 0.15) is 5.82 Å². The van der Waals surface area contributed by atoms with Gasteiger partial charge in [0.05, 0.1) is 10.3 Å². The molecule has 0 aromatic carbocycles. The van der Waals surface area contributed by atoms with Crippen LogP contribution in [-0.2, 0) is 10.0 Å². The van der Waals surface area contributed by atoms with Gasteiger partial charge in [-0.05, 0) is 44.2 Å². The number of aromatic nitrogens is 1. The van der Waals surface area contributed by atoms with Crippen LogP contribution in [0.15, 0.2) is 18.3 Å². The fourth-order valence-electron chi connectivity index (χ4n) is 3.25. The van der Waals surface area contributed by atoms with Crippen LogP contribution >= 0.6 is 0 Å². The van der Waals surface area contributed by atoms with E-state index >= 15 is 0 Å².